The number of carboxylic acid groups (broad SMARTS) is 1. The number of hydrogen-bond donors (Lipinski definition) is 2. The fraction of sp³-hybridized carbons (Fsp3) is 0.583. The number of hydrogen-bond acceptors (Lipinski definition) is 4. The molecule has 0 radical (unpaired) electrons. The summed E-state index contributed by atoms with van der Waals surface area (Å²) >= 11 is 6.87. The number of sulfonamides is 1. The number of halogens is 1. The molecule has 20 heavy (non-hydrogen) atoms. The second-order valence-corrected chi connectivity index (χ2v) is 8.91. The Morgan fingerprint density at radius 3 is 2.75 bits per heavy atom. The lowest BCUT2D eigenvalue weighted by atomic mass is 9.85. The van der Waals surface area contributed by atoms with Gasteiger partial charge in [0, 0.05) is 6.04 Å². The van der Waals surface area contributed by atoms with Crippen LogP contribution in [0.25, 0.3) is 0 Å². The Kier molecular flexibility index (Phi) is 4.17. The summed E-state index contributed by atoms with van der Waals surface area (Å²) < 4.78 is 27.7. The molecule has 1 saturated carbocycles. The van der Waals surface area contributed by atoms with Gasteiger partial charge >= 0.3 is 5.97 Å². The second kappa shape index (κ2) is 5.29. The summed E-state index contributed by atoms with van der Waals surface area (Å²) in [6, 6.07) is 0.911. The fourth-order valence-corrected chi connectivity index (χ4v) is 5.53. The zero-order valence-corrected chi connectivity index (χ0v) is 13.5. The molecule has 1 fully saturated rings. The molecule has 0 saturated heterocycles. The zero-order chi connectivity index (χ0) is 15.1. The Hall–Kier alpha value is -0.630. The van der Waals surface area contributed by atoms with Gasteiger partial charge in [-0.25, -0.2) is 13.1 Å². The third-order valence-corrected chi connectivity index (χ3v) is 7.34. The molecule has 1 aromatic heterocycles. The first-order valence-corrected chi connectivity index (χ1v) is 8.86. The van der Waals surface area contributed by atoms with Crippen LogP contribution in [0.2, 0.25) is 4.34 Å². The van der Waals surface area contributed by atoms with E-state index in [0.29, 0.717) is 29.2 Å². The van der Waals surface area contributed by atoms with Gasteiger partial charge in [-0.05, 0) is 38.3 Å². The summed E-state index contributed by atoms with van der Waals surface area (Å²) in [5.74, 6) is -0.969. The number of aliphatic carboxylic acids is 1. The molecule has 1 heterocycles. The standard InChI is InChI=1S/C12H16ClNO4S2/c1-7-6-9(19-10(7)13)20(17,18)14-8-4-3-5-12(8,2)11(15)16/h6,8,14H,3-5H2,1-2H3,(H,15,16). The van der Waals surface area contributed by atoms with Gasteiger partial charge in [0.1, 0.15) is 4.21 Å². The van der Waals surface area contributed by atoms with E-state index in [1.165, 1.54) is 6.07 Å². The van der Waals surface area contributed by atoms with Crippen LogP contribution in [0.4, 0.5) is 0 Å². The van der Waals surface area contributed by atoms with E-state index in [9.17, 15) is 18.3 Å². The van der Waals surface area contributed by atoms with E-state index in [1.54, 1.807) is 13.8 Å². The molecule has 1 aliphatic carbocycles. The number of carboxylic acids is 1. The quantitative estimate of drug-likeness (QED) is 0.884. The van der Waals surface area contributed by atoms with Crippen LogP contribution in [0.1, 0.15) is 31.7 Å². The average Bonchev–Trinajstić information content (AvgIpc) is 2.86. The topological polar surface area (TPSA) is 83.5 Å². The lowest BCUT2D eigenvalue weighted by molar-refractivity contribution is -0.148. The van der Waals surface area contributed by atoms with Crippen LogP contribution in [0.5, 0.6) is 0 Å². The molecule has 2 N–H and O–H groups in total. The summed E-state index contributed by atoms with van der Waals surface area (Å²) in [6.07, 6.45) is 1.69. The van der Waals surface area contributed by atoms with Crippen LogP contribution in [-0.4, -0.2) is 25.5 Å². The van der Waals surface area contributed by atoms with Gasteiger partial charge in [0.2, 0.25) is 10.0 Å². The summed E-state index contributed by atoms with van der Waals surface area (Å²) in [6.45, 7) is 3.32. The van der Waals surface area contributed by atoms with E-state index < -0.39 is 27.4 Å². The van der Waals surface area contributed by atoms with E-state index in [1.807, 2.05) is 0 Å². The molecule has 0 aliphatic heterocycles. The maximum atomic E-state index is 12.3. The van der Waals surface area contributed by atoms with Gasteiger partial charge in [0.15, 0.2) is 0 Å². The molecule has 2 rings (SSSR count). The van der Waals surface area contributed by atoms with Crippen LogP contribution in [0, 0.1) is 12.3 Å². The van der Waals surface area contributed by atoms with E-state index in [4.69, 9.17) is 11.6 Å². The first-order chi connectivity index (χ1) is 9.17. The highest BCUT2D eigenvalue weighted by molar-refractivity contribution is 7.91. The minimum absolute atomic E-state index is 0.125. The van der Waals surface area contributed by atoms with Gasteiger partial charge < -0.3 is 5.11 Å². The Morgan fingerprint density at radius 2 is 2.25 bits per heavy atom. The minimum Gasteiger partial charge on any atom is -0.481 e. The molecule has 5 nitrogen and oxygen atoms in total. The number of rotatable bonds is 4. The van der Waals surface area contributed by atoms with E-state index in [-0.39, 0.29) is 4.21 Å². The van der Waals surface area contributed by atoms with E-state index in [0.717, 1.165) is 11.3 Å². The SMILES string of the molecule is Cc1cc(S(=O)(=O)NC2CCCC2(C)C(=O)O)sc1Cl. The van der Waals surface area contributed by atoms with E-state index in [2.05, 4.69) is 4.72 Å². The number of aryl methyl sites for hydroxylation is 1. The monoisotopic (exact) mass is 337 g/mol. The highest BCUT2D eigenvalue weighted by Gasteiger charge is 2.47. The van der Waals surface area contributed by atoms with Crippen molar-refractivity contribution in [3.05, 3.63) is 16.0 Å². The van der Waals surface area contributed by atoms with Gasteiger partial charge in [-0.3, -0.25) is 4.79 Å². The fourth-order valence-electron chi connectivity index (χ4n) is 2.42. The average molecular weight is 338 g/mol. The number of nitrogens with one attached hydrogen (secondary N) is 1. The number of carbonyl (C=O) groups is 1. The highest BCUT2D eigenvalue weighted by Crippen LogP contribution is 2.39. The van der Waals surface area contributed by atoms with Crippen molar-refractivity contribution < 1.29 is 18.3 Å². The lowest BCUT2D eigenvalue weighted by Crippen LogP contribution is -2.46. The molecule has 0 spiro atoms. The first kappa shape index (κ1) is 15.8. The molecule has 1 aliphatic rings. The van der Waals surface area contributed by atoms with Gasteiger partial charge in [-0.1, -0.05) is 18.0 Å². The second-order valence-electron chi connectivity index (χ2n) is 5.31. The van der Waals surface area contributed by atoms with Crippen LogP contribution < -0.4 is 4.72 Å². The van der Waals surface area contributed by atoms with Gasteiger partial charge in [-0.2, -0.15) is 0 Å². The Labute approximate surface area is 127 Å². The summed E-state index contributed by atoms with van der Waals surface area (Å²) in [5.41, 5.74) is -0.354. The van der Waals surface area contributed by atoms with E-state index >= 15 is 0 Å². The van der Waals surface area contributed by atoms with Crippen molar-refractivity contribution >= 4 is 38.9 Å². The normalized spacial score (nSPS) is 26.9. The Morgan fingerprint density at radius 1 is 1.60 bits per heavy atom. The molecule has 2 unspecified atom stereocenters. The minimum atomic E-state index is -3.73. The molecule has 2 atom stereocenters. The van der Waals surface area contributed by atoms with Gasteiger partial charge in [0.05, 0.1) is 9.75 Å². The zero-order valence-electron chi connectivity index (χ0n) is 11.1. The first-order valence-electron chi connectivity index (χ1n) is 6.18. The molecule has 1 aromatic rings. The summed E-state index contributed by atoms with van der Waals surface area (Å²) in [4.78, 5) is 11.4. The summed E-state index contributed by atoms with van der Waals surface area (Å²) in [5, 5.41) is 9.31. The van der Waals surface area contributed by atoms with Crippen molar-refractivity contribution in [2.24, 2.45) is 5.41 Å². The summed E-state index contributed by atoms with van der Waals surface area (Å²) in [7, 11) is -3.73. The van der Waals surface area contributed by atoms with Crippen molar-refractivity contribution in [2.45, 2.75) is 43.4 Å². The molecule has 112 valence electrons. The number of thiophene rings is 1. The lowest BCUT2D eigenvalue weighted by Gasteiger charge is -2.27. The van der Waals surface area contributed by atoms with Crippen molar-refractivity contribution in [2.75, 3.05) is 0 Å². The molecule has 0 aromatic carbocycles. The smallest absolute Gasteiger partial charge is 0.310 e. The van der Waals surface area contributed by atoms with Crippen LogP contribution in [0.15, 0.2) is 10.3 Å². The van der Waals surface area contributed by atoms with Gasteiger partial charge in [-0.15, -0.1) is 11.3 Å². The highest BCUT2D eigenvalue weighted by atomic mass is 35.5. The molecular formula is C12H16ClNO4S2. The van der Waals surface area contributed by atoms with Crippen molar-refractivity contribution in [3.8, 4) is 0 Å². The molecule has 8 heteroatoms. The Balaban J connectivity index is 2.27. The Bertz CT molecular complexity index is 620. The van der Waals surface area contributed by atoms with Crippen LogP contribution >= 0.6 is 22.9 Å². The third kappa shape index (κ3) is 2.72. The van der Waals surface area contributed by atoms with Crippen molar-refractivity contribution in [1.82, 2.24) is 4.72 Å². The van der Waals surface area contributed by atoms with Crippen molar-refractivity contribution in [3.63, 3.8) is 0 Å². The van der Waals surface area contributed by atoms with Crippen molar-refractivity contribution in [1.29, 1.82) is 0 Å². The molecule has 0 bridgehead atoms. The largest absolute Gasteiger partial charge is 0.481 e. The van der Waals surface area contributed by atoms with Gasteiger partial charge in [0.25, 0.3) is 0 Å². The third-order valence-electron chi connectivity index (χ3n) is 3.84. The molecule has 0 amide bonds. The predicted octanol–water partition coefficient (Wildman–Crippen LogP) is 2.63. The van der Waals surface area contributed by atoms with Crippen LogP contribution in [-0.2, 0) is 14.8 Å². The molecular weight excluding hydrogens is 322 g/mol. The van der Waals surface area contributed by atoms with Crippen LogP contribution in [0.3, 0.4) is 0 Å². The maximum absolute atomic E-state index is 12.3. The predicted molar refractivity (Wildman–Crippen MR) is 77.8 cm³/mol. The maximum Gasteiger partial charge on any atom is 0.310 e.